The molecule has 0 aliphatic carbocycles. The number of carbonyl (C=O) groups excluding carboxylic acids is 1. The standard InChI is InChI=1S/C16H15ClN2O2/c1-10-12(7-5-8-14(10)17)16(20)18-15-9-4-3-6-13(15)11(2)19-21/h3-9,21H,1-2H3,(H,18,20)/b19-11-. The quantitative estimate of drug-likeness (QED) is 0.509. The third-order valence-electron chi connectivity index (χ3n) is 3.23. The van der Waals surface area contributed by atoms with Gasteiger partial charge < -0.3 is 10.5 Å². The van der Waals surface area contributed by atoms with Crippen LogP contribution in [-0.4, -0.2) is 16.8 Å². The first kappa shape index (κ1) is 15.1. The van der Waals surface area contributed by atoms with Crippen LogP contribution in [0, 0.1) is 6.92 Å². The van der Waals surface area contributed by atoms with Crippen LogP contribution in [0.25, 0.3) is 0 Å². The van der Waals surface area contributed by atoms with Crippen LogP contribution >= 0.6 is 11.6 Å². The Morgan fingerprint density at radius 1 is 1.14 bits per heavy atom. The topological polar surface area (TPSA) is 61.7 Å². The second-order valence-corrected chi connectivity index (χ2v) is 5.00. The zero-order valence-corrected chi connectivity index (χ0v) is 12.5. The van der Waals surface area contributed by atoms with Crippen molar-refractivity contribution in [2.45, 2.75) is 13.8 Å². The monoisotopic (exact) mass is 302 g/mol. The van der Waals surface area contributed by atoms with Gasteiger partial charge in [0.1, 0.15) is 0 Å². The molecule has 0 spiro atoms. The highest BCUT2D eigenvalue weighted by molar-refractivity contribution is 6.32. The van der Waals surface area contributed by atoms with Crippen molar-refractivity contribution in [1.82, 2.24) is 0 Å². The summed E-state index contributed by atoms with van der Waals surface area (Å²) < 4.78 is 0. The summed E-state index contributed by atoms with van der Waals surface area (Å²) in [7, 11) is 0. The van der Waals surface area contributed by atoms with Crippen molar-refractivity contribution in [2.24, 2.45) is 5.16 Å². The Hall–Kier alpha value is -2.33. The van der Waals surface area contributed by atoms with Crippen molar-refractivity contribution in [2.75, 3.05) is 5.32 Å². The lowest BCUT2D eigenvalue weighted by atomic mass is 10.1. The van der Waals surface area contributed by atoms with Gasteiger partial charge in [-0.25, -0.2) is 0 Å². The Morgan fingerprint density at radius 2 is 1.81 bits per heavy atom. The molecule has 0 radical (unpaired) electrons. The highest BCUT2D eigenvalue weighted by Gasteiger charge is 2.13. The number of rotatable bonds is 3. The maximum absolute atomic E-state index is 12.4. The fraction of sp³-hybridized carbons (Fsp3) is 0.125. The Balaban J connectivity index is 2.35. The van der Waals surface area contributed by atoms with Crippen LogP contribution in [0.5, 0.6) is 0 Å². The van der Waals surface area contributed by atoms with Gasteiger partial charge in [0, 0.05) is 16.1 Å². The van der Waals surface area contributed by atoms with E-state index in [1.165, 1.54) is 0 Å². The number of anilines is 1. The fourth-order valence-electron chi connectivity index (χ4n) is 2.00. The molecule has 5 heteroatoms. The summed E-state index contributed by atoms with van der Waals surface area (Å²) in [4.78, 5) is 12.4. The molecule has 1 amide bonds. The van der Waals surface area contributed by atoms with E-state index in [-0.39, 0.29) is 5.91 Å². The highest BCUT2D eigenvalue weighted by Crippen LogP contribution is 2.21. The molecule has 0 unspecified atom stereocenters. The SMILES string of the molecule is C/C(=N/O)c1ccccc1NC(=O)c1cccc(Cl)c1C. The molecule has 0 aromatic heterocycles. The van der Waals surface area contributed by atoms with E-state index in [9.17, 15) is 4.79 Å². The second-order valence-electron chi connectivity index (χ2n) is 4.60. The van der Waals surface area contributed by atoms with Crippen LogP contribution in [0.15, 0.2) is 47.6 Å². The fourth-order valence-corrected chi connectivity index (χ4v) is 2.18. The van der Waals surface area contributed by atoms with Gasteiger partial charge in [-0.2, -0.15) is 0 Å². The number of benzene rings is 2. The smallest absolute Gasteiger partial charge is 0.255 e. The van der Waals surface area contributed by atoms with Crippen LogP contribution in [0.1, 0.15) is 28.4 Å². The minimum atomic E-state index is -0.256. The van der Waals surface area contributed by atoms with Crippen molar-refractivity contribution < 1.29 is 10.0 Å². The molecule has 0 saturated carbocycles. The minimum Gasteiger partial charge on any atom is -0.411 e. The van der Waals surface area contributed by atoms with E-state index < -0.39 is 0 Å². The Morgan fingerprint density at radius 3 is 2.52 bits per heavy atom. The molecule has 2 rings (SSSR count). The van der Waals surface area contributed by atoms with Gasteiger partial charge >= 0.3 is 0 Å². The van der Waals surface area contributed by atoms with Crippen molar-refractivity contribution in [3.05, 3.63) is 64.2 Å². The predicted octanol–water partition coefficient (Wildman–Crippen LogP) is 4.10. The summed E-state index contributed by atoms with van der Waals surface area (Å²) in [5.74, 6) is -0.256. The lowest BCUT2D eigenvalue weighted by Gasteiger charge is -2.12. The lowest BCUT2D eigenvalue weighted by Crippen LogP contribution is -2.15. The first-order valence-corrected chi connectivity index (χ1v) is 6.77. The van der Waals surface area contributed by atoms with Crippen molar-refractivity contribution >= 4 is 28.9 Å². The van der Waals surface area contributed by atoms with Crippen LogP contribution < -0.4 is 5.32 Å². The number of hydrogen-bond donors (Lipinski definition) is 2. The molecule has 0 aliphatic heterocycles. The van der Waals surface area contributed by atoms with Crippen molar-refractivity contribution in [3.63, 3.8) is 0 Å². The van der Waals surface area contributed by atoms with Gasteiger partial charge in [-0.15, -0.1) is 0 Å². The average Bonchev–Trinajstić information content (AvgIpc) is 2.49. The first-order chi connectivity index (χ1) is 10.0. The van der Waals surface area contributed by atoms with E-state index in [1.54, 1.807) is 50.2 Å². The number of halogens is 1. The van der Waals surface area contributed by atoms with Crippen LogP contribution in [0.4, 0.5) is 5.69 Å². The number of amides is 1. The average molecular weight is 303 g/mol. The molecule has 0 fully saturated rings. The molecule has 2 N–H and O–H groups in total. The number of carbonyl (C=O) groups is 1. The Bertz CT molecular complexity index is 711. The number of oxime groups is 1. The van der Waals surface area contributed by atoms with Gasteiger partial charge in [0.05, 0.1) is 11.4 Å². The number of nitrogens with zero attached hydrogens (tertiary/aromatic N) is 1. The molecule has 0 saturated heterocycles. The molecule has 21 heavy (non-hydrogen) atoms. The van der Waals surface area contributed by atoms with E-state index in [0.29, 0.717) is 27.5 Å². The molecular weight excluding hydrogens is 288 g/mol. The zero-order valence-electron chi connectivity index (χ0n) is 11.7. The second kappa shape index (κ2) is 6.41. The lowest BCUT2D eigenvalue weighted by molar-refractivity contribution is 0.102. The molecule has 0 aliphatic rings. The van der Waals surface area contributed by atoms with Crippen LogP contribution in [0.2, 0.25) is 5.02 Å². The van der Waals surface area contributed by atoms with Gasteiger partial charge in [-0.1, -0.05) is 41.0 Å². The van der Waals surface area contributed by atoms with Crippen LogP contribution in [-0.2, 0) is 0 Å². The van der Waals surface area contributed by atoms with Gasteiger partial charge in [0.25, 0.3) is 5.91 Å². The number of nitrogens with one attached hydrogen (secondary N) is 1. The molecular formula is C16H15ClN2O2. The normalized spacial score (nSPS) is 11.3. The number of para-hydroxylation sites is 1. The van der Waals surface area contributed by atoms with Gasteiger partial charge in [-0.05, 0) is 37.6 Å². The molecule has 0 heterocycles. The van der Waals surface area contributed by atoms with Gasteiger partial charge in [0.15, 0.2) is 0 Å². The maximum atomic E-state index is 12.4. The largest absolute Gasteiger partial charge is 0.411 e. The maximum Gasteiger partial charge on any atom is 0.255 e. The third kappa shape index (κ3) is 3.23. The summed E-state index contributed by atoms with van der Waals surface area (Å²) in [6, 6.07) is 12.3. The number of hydrogen-bond acceptors (Lipinski definition) is 3. The van der Waals surface area contributed by atoms with Gasteiger partial charge in [-0.3, -0.25) is 4.79 Å². The molecule has 4 nitrogen and oxygen atoms in total. The Kier molecular flexibility index (Phi) is 4.60. The van der Waals surface area contributed by atoms with Crippen molar-refractivity contribution in [1.29, 1.82) is 0 Å². The summed E-state index contributed by atoms with van der Waals surface area (Å²) in [6.07, 6.45) is 0. The van der Waals surface area contributed by atoms with Crippen molar-refractivity contribution in [3.8, 4) is 0 Å². The first-order valence-electron chi connectivity index (χ1n) is 6.39. The third-order valence-corrected chi connectivity index (χ3v) is 3.64. The predicted molar refractivity (Wildman–Crippen MR) is 84.6 cm³/mol. The Labute approximate surface area is 128 Å². The molecule has 2 aromatic rings. The van der Waals surface area contributed by atoms with Gasteiger partial charge in [0.2, 0.25) is 0 Å². The highest BCUT2D eigenvalue weighted by atomic mass is 35.5. The van der Waals surface area contributed by atoms with E-state index in [2.05, 4.69) is 10.5 Å². The van der Waals surface area contributed by atoms with E-state index in [0.717, 1.165) is 5.56 Å². The minimum absolute atomic E-state index is 0.256. The molecule has 108 valence electrons. The zero-order chi connectivity index (χ0) is 15.4. The summed E-state index contributed by atoms with van der Waals surface area (Å²) in [6.45, 7) is 3.46. The summed E-state index contributed by atoms with van der Waals surface area (Å²) in [5, 5.41) is 15.4. The molecule has 0 bridgehead atoms. The molecule has 0 atom stereocenters. The van der Waals surface area contributed by atoms with E-state index >= 15 is 0 Å². The van der Waals surface area contributed by atoms with Crippen LogP contribution in [0.3, 0.4) is 0 Å². The summed E-state index contributed by atoms with van der Waals surface area (Å²) >= 11 is 6.03. The van der Waals surface area contributed by atoms with E-state index in [4.69, 9.17) is 16.8 Å². The van der Waals surface area contributed by atoms with E-state index in [1.807, 2.05) is 6.07 Å². The summed E-state index contributed by atoms with van der Waals surface area (Å²) in [5.41, 5.74) is 2.90. The molecule has 2 aromatic carbocycles.